The van der Waals surface area contributed by atoms with Gasteiger partial charge in [-0.25, -0.2) is 4.98 Å². The summed E-state index contributed by atoms with van der Waals surface area (Å²) in [5.74, 6) is 1.91. The van der Waals surface area contributed by atoms with E-state index < -0.39 is 5.91 Å². The summed E-state index contributed by atoms with van der Waals surface area (Å²) in [6, 6.07) is 15.8. The zero-order valence-corrected chi connectivity index (χ0v) is 12.2. The molecule has 0 aliphatic heterocycles. The van der Waals surface area contributed by atoms with Crippen molar-refractivity contribution >= 4 is 22.5 Å². The molecule has 0 bridgehead atoms. The van der Waals surface area contributed by atoms with Crippen molar-refractivity contribution in [3.63, 3.8) is 0 Å². The number of amides is 1. The van der Waals surface area contributed by atoms with Crippen LogP contribution in [0.2, 0.25) is 0 Å². The van der Waals surface area contributed by atoms with Gasteiger partial charge in [-0.3, -0.25) is 14.2 Å². The molecule has 0 saturated carbocycles. The highest BCUT2D eigenvalue weighted by Crippen LogP contribution is 2.11. The van der Waals surface area contributed by atoms with Crippen LogP contribution in [0, 0.1) is 12.3 Å². The molecule has 0 aliphatic carbocycles. The fourth-order valence-corrected chi connectivity index (χ4v) is 2.29. The summed E-state index contributed by atoms with van der Waals surface area (Å²) in [5, 5.41) is 3.15. The van der Waals surface area contributed by atoms with Crippen LogP contribution in [-0.2, 0) is 6.54 Å². The maximum absolute atomic E-state index is 12.5. The Morgan fingerprint density at radius 2 is 1.83 bits per heavy atom. The molecule has 1 N–H and O–H groups in total. The van der Waals surface area contributed by atoms with E-state index in [-0.39, 0.29) is 17.9 Å². The van der Waals surface area contributed by atoms with Gasteiger partial charge in [-0.15, -0.1) is 6.42 Å². The summed E-state index contributed by atoms with van der Waals surface area (Å²) in [6.07, 6.45) is 5.33. The average molecular weight is 303 g/mol. The topological polar surface area (TPSA) is 64.0 Å². The summed E-state index contributed by atoms with van der Waals surface area (Å²) in [4.78, 5) is 29.4. The molecule has 0 radical (unpaired) electrons. The first kappa shape index (κ1) is 14.5. The average Bonchev–Trinajstić information content (AvgIpc) is 2.58. The third-order valence-electron chi connectivity index (χ3n) is 3.35. The second kappa shape index (κ2) is 6.16. The Morgan fingerprint density at radius 1 is 1.13 bits per heavy atom. The van der Waals surface area contributed by atoms with E-state index in [1.807, 2.05) is 6.07 Å². The predicted octanol–water partition coefficient (Wildman–Crippen LogP) is 2.28. The van der Waals surface area contributed by atoms with Crippen LogP contribution in [0.15, 0.2) is 59.4 Å². The monoisotopic (exact) mass is 303 g/mol. The highest BCUT2D eigenvalue weighted by atomic mass is 16.2. The second-order valence-corrected chi connectivity index (χ2v) is 4.87. The van der Waals surface area contributed by atoms with Gasteiger partial charge in [0.1, 0.15) is 0 Å². The number of para-hydroxylation sites is 2. The first-order valence-corrected chi connectivity index (χ1v) is 7.00. The number of anilines is 1. The molecular weight excluding hydrogens is 290 g/mol. The van der Waals surface area contributed by atoms with Gasteiger partial charge in [-0.2, -0.15) is 0 Å². The molecule has 0 fully saturated rings. The number of hydrogen-bond donors (Lipinski definition) is 1. The second-order valence-electron chi connectivity index (χ2n) is 4.87. The van der Waals surface area contributed by atoms with Crippen molar-refractivity contribution in [2.75, 3.05) is 5.32 Å². The lowest BCUT2D eigenvalue weighted by Crippen LogP contribution is -2.30. The van der Waals surface area contributed by atoms with E-state index in [0.717, 1.165) is 0 Å². The van der Waals surface area contributed by atoms with Gasteiger partial charge in [0, 0.05) is 5.69 Å². The van der Waals surface area contributed by atoms with Crippen molar-refractivity contribution in [1.82, 2.24) is 9.55 Å². The van der Waals surface area contributed by atoms with Crippen LogP contribution in [0.4, 0.5) is 5.69 Å². The molecule has 0 spiro atoms. The largest absolute Gasteiger partial charge is 0.319 e. The van der Waals surface area contributed by atoms with Gasteiger partial charge in [0.05, 0.1) is 17.4 Å². The molecule has 3 aromatic rings. The standard InChI is InChI=1S/C18H13N3O2/c1-2-12-21-16(17(22)19-13-8-4-3-5-9-13)20-15-11-7-6-10-14(15)18(21)23/h1,3-11H,12H2,(H,19,22). The highest BCUT2D eigenvalue weighted by Gasteiger charge is 2.17. The number of carbonyl (C=O) groups excluding carboxylic acids is 1. The molecule has 3 rings (SSSR count). The van der Waals surface area contributed by atoms with Gasteiger partial charge >= 0.3 is 0 Å². The van der Waals surface area contributed by atoms with Crippen molar-refractivity contribution in [1.29, 1.82) is 0 Å². The number of nitrogens with zero attached hydrogens (tertiary/aromatic N) is 2. The number of rotatable bonds is 3. The molecule has 112 valence electrons. The number of aromatic nitrogens is 2. The van der Waals surface area contributed by atoms with Crippen LogP contribution in [0.1, 0.15) is 10.6 Å². The van der Waals surface area contributed by atoms with Gasteiger partial charge in [0.15, 0.2) is 0 Å². The van der Waals surface area contributed by atoms with Gasteiger partial charge < -0.3 is 5.32 Å². The zero-order chi connectivity index (χ0) is 16.2. The number of benzene rings is 2. The van der Waals surface area contributed by atoms with Crippen molar-refractivity contribution in [3.05, 3.63) is 70.8 Å². The van der Waals surface area contributed by atoms with Crippen molar-refractivity contribution in [3.8, 4) is 12.3 Å². The quantitative estimate of drug-likeness (QED) is 0.755. The molecule has 1 heterocycles. The number of terminal acetylenes is 1. The molecule has 1 amide bonds. The van der Waals surface area contributed by atoms with Crippen LogP contribution in [0.25, 0.3) is 10.9 Å². The number of hydrogen-bond acceptors (Lipinski definition) is 3. The van der Waals surface area contributed by atoms with Crippen LogP contribution < -0.4 is 10.9 Å². The summed E-state index contributed by atoms with van der Waals surface area (Å²) < 4.78 is 1.21. The predicted molar refractivity (Wildman–Crippen MR) is 89.2 cm³/mol. The first-order valence-electron chi connectivity index (χ1n) is 7.00. The van der Waals surface area contributed by atoms with Crippen LogP contribution in [0.3, 0.4) is 0 Å². The Morgan fingerprint density at radius 3 is 2.57 bits per heavy atom. The van der Waals surface area contributed by atoms with Crippen LogP contribution in [0.5, 0.6) is 0 Å². The molecule has 5 heteroatoms. The molecule has 0 aliphatic rings. The molecule has 2 aromatic carbocycles. The molecular formula is C18H13N3O2. The third-order valence-corrected chi connectivity index (χ3v) is 3.35. The zero-order valence-electron chi connectivity index (χ0n) is 12.2. The van der Waals surface area contributed by atoms with E-state index in [1.54, 1.807) is 48.5 Å². The van der Waals surface area contributed by atoms with Gasteiger partial charge in [0.25, 0.3) is 11.5 Å². The lowest BCUT2D eigenvalue weighted by molar-refractivity contribution is 0.101. The Kier molecular flexibility index (Phi) is 3.89. The van der Waals surface area contributed by atoms with E-state index >= 15 is 0 Å². The van der Waals surface area contributed by atoms with E-state index in [4.69, 9.17) is 6.42 Å². The first-order chi connectivity index (χ1) is 11.2. The van der Waals surface area contributed by atoms with Gasteiger partial charge in [-0.05, 0) is 24.3 Å². The Balaban J connectivity index is 2.12. The van der Waals surface area contributed by atoms with Crippen LogP contribution >= 0.6 is 0 Å². The molecule has 0 saturated heterocycles. The Hall–Kier alpha value is -3.39. The summed E-state index contributed by atoms with van der Waals surface area (Å²) in [6.45, 7) is -0.0196. The molecule has 23 heavy (non-hydrogen) atoms. The summed E-state index contributed by atoms with van der Waals surface area (Å²) in [7, 11) is 0. The minimum absolute atomic E-state index is 0.00416. The smallest absolute Gasteiger partial charge is 0.291 e. The highest BCUT2D eigenvalue weighted by molar-refractivity contribution is 6.02. The summed E-state index contributed by atoms with van der Waals surface area (Å²) in [5.41, 5.74) is 0.753. The van der Waals surface area contributed by atoms with Gasteiger partial charge in [-0.1, -0.05) is 36.3 Å². The normalized spacial score (nSPS) is 10.2. The maximum Gasteiger partial charge on any atom is 0.291 e. The Labute approximate surface area is 132 Å². The van der Waals surface area contributed by atoms with E-state index in [2.05, 4.69) is 16.2 Å². The third kappa shape index (κ3) is 2.83. The van der Waals surface area contributed by atoms with Crippen molar-refractivity contribution in [2.45, 2.75) is 6.54 Å². The fourth-order valence-electron chi connectivity index (χ4n) is 2.29. The maximum atomic E-state index is 12.5. The SMILES string of the molecule is C#CCn1c(C(=O)Nc2ccccc2)nc2ccccc2c1=O. The van der Waals surface area contributed by atoms with Crippen LogP contribution in [-0.4, -0.2) is 15.5 Å². The van der Waals surface area contributed by atoms with Crippen molar-refractivity contribution < 1.29 is 4.79 Å². The molecule has 0 atom stereocenters. The van der Waals surface area contributed by atoms with Crippen molar-refractivity contribution in [2.24, 2.45) is 0 Å². The van der Waals surface area contributed by atoms with E-state index in [9.17, 15) is 9.59 Å². The fraction of sp³-hybridized carbons (Fsp3) is 0.0556. The minimum atomic E-state index is -0.477. The molecule has 1 aromatic heterocycles. The number of fused-ring (bicyclic) bond motifs is 1. The number of nitrogens with one attached hydrogen (secondary N) is 1. The molecule has 5 nitrogen and oxygen atoms in total. The van der Waals surface area contributed by atoms with E-state index in [1.165, 1.54) is 4.57 Å². The lowest BCUT2D eigenvalue weighted by Gasteiger charge is -2.11. The van der Waals surface area contributed by atoms with Gasteiger partial charge in [0.2, 0.25) is 5.82 Å². The lowest BCUT2D eigenvalue weighted by atomic mass is 10.2. The number of carbonyl (C=O) groups is 1. The summed E-state index contributed by atoms with van der Waals surface area (Å²) >= 11 is 0. The molecule has 0 unspecified atom stereocenters. The Bertz CT molecular complexity index is 969. The minimum Gasteiger partial charge on any atom is -0.319 e. The van der Waals surface area contributed by atoms with E-state index in [0.29, 0.717) is 16.6 Å².